The Morgan fingerprint density at radius 2 is 2.06 bits per heavy atom. The molecule has 0 aromatic rings. The second kappa shape index (κ2) is 5.58. The Hall–Kier alpha value is -0.690. The Bertz CT molecular complexity index is 241. The van der Waals surface area contributed by atoms with E-state index in [-0.39, 0.29) is 12.7 Å². The van der Waals surface area contributed by atoms with Crippen LogP contribution in [0, 0.1) is 0 Å². The minimum atomic E-state index is -1.12. The van der Waals surface area contributed by atoms with Crippen molar-refractivity contribution in [2.24, 2.45) is 0 Å². The number of aliphatic hydroxyl groups is 2. The fraction of sp³-hybridized carbons (Fsp3) is 0.900. The number of carbonyl (C=O) groups excluding carboxylic acids is 1. The summed E-state index contributed by atoms with van der Waals surface area (Å²) in [5, 5.41) is 19.1. The molecule has 4 atom stereocenters. The highest BCUT2D eigenvalue weighted by Gasteiger charge is 2.42. The van der Waals surface area contributed by atoms with E-state index in [1.807, 2.05) is 0 Å². The van der Waals surface area contributed by atoms with Gasteiger partial charge in [-0.2, -0.15) is 0 Å². The lowest BCUT2D eigenvalue weighted by Crippen LogP contribution is -2.55. The highest BCUT2D eigenvalue weighted by Crippen LogP contribution is 2.21. The summed E-state index contributed by atoms with van der Waals surface area (Å²) in [4.78, 5) is 10.8. The fourth-order valence-electron chi connectivity index (χ4n) is 1.49. The van der Waals surface area contributed by atoms with Gasteiger partial charge in [-0.25, -0.2) is 0 Å². The number of esters is 1. The number of hydrogen-bond acceptors (Lipinski definition) is 6. The molecule has 0 aliphatic carbocycles. The number of aliphatic hydroxyl groups excluding tert-OH is 2. The van der Waals surface area contributed by atoms with E-state index in [9.17, 15) is 15.0 Å². The highest BCUT2D eigenvalue weighted by molar-refractivity contribution is 5.66. The van der Waals surface area contributed by atoms with Gasteiger partial charge in [0.2, 0.25) is 6.29 Å². The van der Waals surface area contributed by atoms with Gasteiger partial charge in [0.15, 0.2) is 0 Å². The number of carbonyl (C=O) groups is 1. The van der Waals surface area contributed by atoms with E-state index in [2.05, 4.69) is 0 Å². The summed E-state index contributed by atoms with van der Waals surface area (Å²) in [6.07, 6.45) is -4.17. The van der Waals surface area contributed by atoms with Crippen molar-refractivity contribution in [3.8, 4) is 0 Å². The van der Waals surface area contributed by atoms with Crippen LogP contribution in [0.3, 0.4) is 0 Å². The average molecular weight is 234 g/mol. The molecule has 0 amide bonds. The molecule has 0 radical (unpaired) electrons. The Kier molecular flexibility index (Phi) is 4.67. The van der Waals surface area contributed by atoms with Gasteiger partial charge in [-0.3, -0.25) is 4.79 Å². The predicted octanol–water partition coefficient (Wildman–Crippen LogP) is -0.579. The van der Waals surface area contributed by atoms with Crippen LogP contribution >= 0.6 is 0 Å². The molecule has 6 nitrogen and oxygen atoms in total. The standard InChI is InChI=1S/C10H18O6/c1-5(2)15-9-8(13)7(12)4-14-10(9)16-6(3)11/h5,7-10,12-13H,4H2,1-3H3. The van der Waals surface area contributed by atoms with Crippen LogP contribution in [0.5, 0.6) is 0 Å². The Labute approximate surface area is 94.1 Å². The molecule has 1 rings (SSSR count). The Balaban J connectivity index is 2.68. The van der Waals surface area contributed by atoms with Crippen LogP contribution in [0.1, 0.15) is 20.8 Å². The third kappa shape index (κ3) is 3.41. The monoisotopic (exact) mass is 234 g/mol. The smallest absolute Gasteiger partial charge is 0.305 e. The van der Waals surface area contributed by atoms with Crippen LogP contribution in [0.25, 0.3) is 0 Å². The first-order valence-electron chi connectivity index (χ1n) is 5.22. The third-order valence-electron chi connectivity index (χ3n) is 2.14. The summed E-state index contributed by atoms with van der Waals surface area (Å²) in [5.74, 6) is -0.522. The van der Waals surface area contributed by atoms with Gasteiger partial charge in [-0.1, -0.05) is 0 Å². The van der Waals surface area contributed by atoms with Gasteiger partial charge in [0.1, 0.15) is 18.3 Å². The van der Waals surface area contributed by atoms with E-state index in [1.54, 1.807) is 13.8 Å². The molecule has 94 valence electrons. The van der Waals surface area contributed by atoms with E-state index < -0.39 is 30.6 Å². The first kappa shape index (κ1) is 13.4. The number of ether oxygens (including phenoxy) is 3. The molecule has 1 fully saturated rings. The Morgan fingerprint density at radius 3 is 2.56 bits per heavy atom. The lowest BCUT2D eigenvalue weighted by Gasteiger charge is -2.37. The summed E-state index contributed by atoms with van der Waals surface area (Å²) in [5.41, 5.74) is 0. The quantitative estimate of drug-likeness (QED) is 0.636. The molecule has 6 heteroatoms. The van der Waals surface area contributed by atoms with Crippen molar-refractivity contribution in [3.05, 3.63) is 0 Å². The first-order chi connectivity index (χ1) is 7.41. The molecule has 0 spiro atoms. The van der Waals surface area contributed by atoms with E-state index in [0.29, 0.717) is 0 Å². The summed E-state index contributed by atoms with van der Waals surface area (Å²) < 4.78 is 15.3. The third-order valence-corrected chi connectivity index (χ3v) is 2.14. The van der Waals surface area contributed by atoms with Gasteiger partial charge in [0.25, 0.3) is 0 Å². The Morgan fingerprint density at radius 1 is 1.44 bits per heavy atom. The molecule has 0 saturated carbocycles. The first-order valence-corrected chi connectivity index (χ1v) is 5.22. The zero-order valence-electron chi connectivity index (χ0n) is 9.62. The maximum atomic E-state index is 10.8. The van der Waals surface area contributed by atoms with Crippen LogP contribution in [0.15, 0.2) is 0 Å². The van der Waals surface area contributed by atoms with Crippen molar-refractivity contribution in [2.45, 2.75) is 51.5 Å². The van der Waals surface area contributed by atoms with Gasteiger partial charge in [0, 0.05) is 6.92 Å². The number of rotatable bonds is 3. The lowest BCUT2D eigenvalue weighted by molar-refractivity contribution is -0.278. The van der Waals surface area contributed by atoms with Gasteiger partial charge < -0.3 is 24.4 Å². The molecule has 16 heavy (non-hydrogen) atoms. The van der Waals surface area contributed by atoms with Crippen LogP contribution in [-0.4, -0.2) is 53.5 Å². The molecule has 4 unspecified atom stereocenters. The minimum absolute atomic E-state index is 0.0862. The molecular formula is C10H18O6. The van der Waals surface area contributed by atoms with E-state index in [1.165, 1.54) is 6.92 Å². The van der Waals surface area contributed by atoms with Gasteiger partial charge in [0.05, 0.1) is 12.7 Å². The normalized spacial score (nSPS) is 35.1. The van der Waals surface area contributed by atoms with Crippen molar-refractivity contribution in [2.75, 3.05) is 6.61 Å². The molecule has 1 aliphatic rings. The van der Waals surface area contributed by atoms with Crippen LogP contribution in [0.2, 0.25) is 0 Å². The van der Waals surface area contributed by atoms with Crippen molar-refractivity contribution in [1.82, 2.24) is 0 Å². The highest BCUT2D eigenvalue weighted by atomic mass is 16.7. The van der Waals surface area contributed by atoms with E-state index in [0.717, 1.165) is 0 Å². The van der Waals surface area contributed by atoms with Crippen molar-refractivity contribution >= 4 is 5.97 Å². The van der Waals surface area contributed by atoms with Crippen LogP contribution in [0.4, 0.5) is 0 Å². The van der Waals surface area contributed by atoms with E-state index >= 15 is 0 Å². The predicted molar refractivity (Wildman–Crippen MR) is 53.5 cm³/mol. The SMILES string of the molecule is CC(=O)OC1OCC(O)C(O)C1OC(C)C. The van der Waals surface area contributed by atoms with Crippen LogP contribution < -0.4 is 0 Å². The second-order valence-electron chi connectivity index (χ2n) is 4.02. The van der Waals surface area contributed by atoms with Crippen LogP contribution in [-0.2, 0) is 19.0 Å². The summed E-state index contributed by atoms with van der Waals surface area (Å²) in [6, 6.07) is 0. The molecular weight excluding hydrogens is 216 g/mol. The summed E-state index contributed by atoms with van der Waals surface area (Å²) >= 11 is 0. The van der Waals surface area contributed by atoms with Gasteiger partial charge in [-0.15, -0.1) is 0 Å². The largest absolute Gasteiger partial charge is 0.433 e. The lowest BCUT2D eigenvalue weighted by atomic mass is 10.1. The molecule has 1 saturated heterocycles. The van der Waals surface area contributed by atoms with Gasteiger partial charge in [-0.05, 0) is 13.8 Å². The molecule has 1 aliphatic heterocycles. The molecule has 0 aromatic carbocycles. The van der Waals surface area contributed by atoms with Crippen molar-refractivity contribution in [3.63, 3.8) is 0 Å². The van der Waals surface area contributed by atoms with Crippen molar-refractivity contribution in [1.29, 1.82) is 0 Å². The van der Waals surface area contributed by atoms with Crippen molar-refractivity contribution < 1.29 is 29.2 Å². The van der Waals surface area contributed by atoms with Gasteiger partial charge >= 0.3 is 5.97 Å². The average Bonchev–Trinajstić information content (AvgIpc) is 2.16. The number of hydrogen-bond donors (Lipinski definition) is 2. The molecule has 1 heterocycles. The minimum Gasteiger partial charge on any atom is -0.433 e. The summed E-state index contributed by atoms with van der Waals surface area (Å²) in [6.45, 7) is 4.71. The second-order valence-corrected chi connectivity index (χ2v) is 4.02. The maximum absolute atomic E-state index is 10.8. The fourth-order valence-corrected chi connectivity index (χ4v) is 1.49. The van der Waals surface area contributed by atoms with E-state index in [4.69, 9.17) is 14.2 Å². The molecule has 2 N–H and O–H groups in total. The molecule has 0 aromatic heterocycles. The zero-order valence-corrected chi connectivity index (χ0v) is 9.62. The zero-order chi connectivity index (χ0) is 12.3. The maximum Gasteiger partial charge on any atom is 0.305 e. The summed E-state index contributed by atoms with van der Waals surface area (Å²) in [7, 11) is 0. The molecule has 0 bridgehead atoms. The topological polar surface area (TPSA) is 85.2 Å².